The molecule has 9 nitrogen and oxygen atoms in total. The zero-order chi connectivity index (χ0) is 22.4. The molecule has 32 heavy (non-hydrogen) atoms. The third-order valence-corrected chi connectivity index (χ3v) is 7.98. The number of methoxy groups -OCH3 is 1. The van der Waals surface area contributed by atoms with Gasteiger partial charge in [-0.2, -0.15) is 10.2 Å². The molecule has 0 bridgehead atoms. The number of hydrogen-bond donors (Lipinski definition) is 1. The SMILES string of the molecule is COCC[S+]([O-])c1sc2nc(-c3cnc4nn(C)cc4c3)cc(-c3ccn(C)n3)c2c1N. The van der Waals surface area contributed by atoms with Gasteiger partial charge in [0.1, 0.15) is 16.3 Å². The number of nitrogens with two attached hydrogens (primary N) is 1. The van der Waals surface area contributed by atoms with Crippen LogP contribution in [0.4, 0.5) is 5.69 Å². The summed E-state index contributed by atoms with van der Waals surface area (Å²) in [5.74, 6) is 0.376. The van der Waals surface area contributed by atoms with E-state index in [0.29, 0.717) is 32.7 Å². The molecule has 0 aliphatic rings. The minimum Gasteiger partial charge on any atom is -0.611 e. The van der Waals surface area contributed by atoms with Crippen LogP contribution in [-0.4, -0.2) is 53.6 Å². The Labute approximate surface area is 191 Å². The summed E-state index contributed by atoms with van der Waals surface area (Å²) in [6, 6.07) is 5.91. The largest absolute Gasteiger partial charge is 0.611 e. The van der Waals surface area contributed by atoms with E-state index in [2.05, 4.69) is 15.2 Å². The van der Waals surface area contributed by atoms with Gasteiger partial charge < -0.3 is 15.0 Å². The van der Waals surface area contributed by atoms with E-state index in [1.807, 2.05) is 44.7 Å². The number of rotatable bonds is 6. The fraction of sp³-hybridized carbons (Fsp3) is 0.238. The Morgan fingerprint density at radius 3 is 2.78 bits per heavy atom. The average Bonchev–Trinajstić information content (AvgIpc) is 3.47. The summed E-state index contributed by atoms with van der Waals surface area (Å²) < 4.78 is 22.0. The number of nitrogens with zero attached hydrogens (tertiary/aromatic N) is 6. The smallest absolute Gasteiger partial charge is 0.232 e. The van der Waals surface area contributed by atoms with Gasteiger partial charge in [-0.25, -0.2) is 9.97 Å². The number of thiophene rings is 1. The molecule has 1 atom stereocenters. The van der Waals surface area contributed by atoms with Gasteiger partial charge in [0.2, 0.25) is 4.21 Å². The minimum atomic E-state index is -1.27. The van der Waals surface area contributed by atoms with Crippen molar-refractivity contribution in [1.29, 1.82) is 0 Å². The minimum absolute atomic E-state index is 0.376. The maximum Gasteiger partial charge on any atom is 0.232 e. The zero-order valence-corrected chi connectivity index (χ0v) is 19.4. The van der Waals surface area contributed by atoms with Gasteiger partial charge in [0.25, 0.3) is 0 Å². The topological polar surface area (TPSA) is 120 Å². The van der Waals surface area contributed by atoms with Crippen LogP contribution in [-0.2, 0) is 30.0 Å². The van der Waals surface area contributed by atoms with Crippen LogP contribution in [0, 0.1) is 0 Å². The second-order valence-electron chi connectivity index (χ2n) is 7.40. The molecule has 5 aromatic heterocycles. The first-order valence-electron chi connectivity index (χ1n) is 9.84. The van der Waals surface area contributed by atoms with Crippen molar-refractivity contribution in [3.05, 3.63) is 36.8 Å². The van der Waals surface area contributed by atoms with Gasteiger partial charge in [-0.15, -0.1) is 0 Å². The Kier molecular flexibility index (Phi) is 5.33. The Bertz CT molecular complexity index is 1440. The normalized spacial score (nSPS) is 12.8. The lowest BCUT2D eigenvalue weighted by Gasteiger charge is -2.08. The lowest BCUT2D eigenvalue weighted by Crippen LogP contribution is -2.11. The predicted molar refractivity (Wildman–Crippen MR) is 127 cm³/mol. The van der Waals surface area contributed by atoms with E-state index < -0.39 is 11.2 Å². The van der Waals surface area contributed by atoms with Gasteiger partial charge in [-0.05, 0) is 18.2 Å². The highest BCUT2D eigenvalue weighted by Gasteiger charge is 2.25. The molecule has 2 N–H and O–H groups in total. The highest BCUT2D eigenvalue weighted by atomic mass is 32.2. The van der Waals surface area contributed by atoms with Crippen molar-refractivity contribution >= 4 is 49.5 Å². The van der Waals surface area contributed by atoms with Crippen LogP contribution < -0.4 is 5.73 Å². The molecular weight excluding hydrogens is 446 g/mol. The predicted octanol–water partition coefficient (Wildman–Crippen LogP) is 2.98. The molecule has 11 heteroatoms. The Hall–Kier alpha value is -2.99. The van der Waals surface area contributed by atoms with Gasteiger partial charge in [-0.1, -0.05) is 11.3 Å². The number of aromatic nitrogens is 6. The van der Waals surface area contributed by atoms with E-state index in [-0.39, 0.29) is 0 Å². The number of anilines is 1. The number of fused-ring (bicyclic) bond motifs is 2. The number of ether oxygens (including phenoxy) is 1. The van der Waals surface area contributed by atoms with Gasteiger partial charge in [0.15, 0.2) is 5.65 Å². The maximum absolute atomic E-state index is 12.8. The molecule has 0 spiro atoms. The highest BCUT2D eigenvalue weighted by molar-refractivity contribution is 7.93. The first-order valence-corrected chi connectivity index (χ1v) is 12.0. The summed E-state index contributed by atoms with van der Waals surface area (Å²) in [5.41, 5.74) is 10.9. The molecular formula is C21H21N7O2S2. The third kappa shape index (κ3) is 3.62. The fourth-order valence-corrected chi connectivity index (χ4v) is 6.17. The molecule has 0 saturated heterocycles. The van der Waals surface area contributed by atoms with Crippen LogP contribution in [0.1, 0.15) is 0 Å². The molecule has 5 heterocycles. The van der Waals surface area contributed by atoms with Crippen molar-refractivity contribution in [2.45, 2.75) is 4.21 Å². The Balaban J connectivity index is 1.72. The van der Waals surface area contributed by atoms with E-state index in [1.54, 1.807) is 22.7 Å². The Morgan fingerprint density at radius 2 is 2.03 bits per heavy atom. The van der Waals surface area contributed by atoms with E-state index >= 15 is 0 Å². The number of pyridine rings is 2. The fourth-order valence-electron chi connectivity index (χ4n) is 3.60. The van der Waals surface area contributed by atoms with Crippen molar-refractivity contribution in [3.63, 3.8) is 0 Å². The van der Waals surface area contributed by atoms with Crippen LogP contribution in [0.5, 0.6) is 0 Å². The van der Waals surface area contributed by atoms with Gasteiger partial charge in [-0.3, -0.25) is 9.36 Å². The van der Waals surface area contributed by atoms with E-state index in [1.165, 1.54) is 11.3 Å². The number of aryl methyl sites for hydroxylation is 2. The summed E-state index contributed by atoms with van der Waals surface area (Å²) in [4.78, 5) is 10.1. The van der Waals surface area contributed by atoms with E-state index in [0.717, 1.165) is 33.3 Å². The van der Waals surface area contributed by atoms with Crippen LogP contribution in [0.15, 0.2) is 41.0 Å². The van der Waals surface area contributed by atoms with Crippen molar-refractivity contribution in [3.8, 4) is 22.5 Å². The van der Waals surface area contributed by atoms with Crippen molar-refractivity contribution in [1.82, 2.24) is 29.5 Å². The monoisotopic (exact) mass is 467 g/mol. The van der Waals surface area contributed by atoms with E-state index in [4.69, 9.17) is 15.5 Å². The van der Waals surface area contributed by atoms with E-state index in [9.17, 15) is 4.55 Å². The van der Waals surface area contributed by atoms with Crippen molar-refractivity contribution in [2.75, 3.05) is 25.2 Å². The summed E-state index contributed by atoms with van der Waals surface area (Å²) in [5, 5.41) is 10.6. The molecule has 164 valence electrons. The van der Waals surface area contributed by atoms with Crippen molar-refractivity contribution < 1.29 is 9.29 Å². The molecule has 1 unspecified atom stereocenters. The second-order valence-corrected chi connectivity index (χ2v) is 10.2. The Morgan fingerprint density at radius 1 is 1.19 bits per heavy atom. The van der Waals surface area contributed by atoms with Crippen LogP contribution in [0.3, 0.4) is 0 Å². The second kappa shape index (κ2) is 8.17. The molecule has 0 fully saturated rings. The third-order valence-electron chi connectivity index (χ3n) is 5.10. The van der Waals surface area contributed by atoms with Crippen LogP contribution in [0.25, 0.3) is 43.8 Å². The summed E-state index contributed by atoms with van der Waals surface area (Å²) in [7, 11) is 5.32. The molecule has 0 aliphatic heterocycles. The zero-order valence-electron chi connectivity index (χ0n) is 17.8. The highest BCUT2D eigenvalue weighted by Crippen LogP contribution is 2.43. The summed E-state index contributed by atoms with van der Waals surface area (Å²) in [6.45, 7) is 0.392. The van der Waals surface area contributed by atoms with Crippen molar-refractivity contribution in [2.24, 2.45) is 14.1 Å². The molecule has 0 radical (unpaired) electrons. The lowest BCUT2D eigenvalue weighted by atomic mass is 10.0. The quantitative estimate of drug-likeness (QED) is 0.381. The molecule has 5 aromatic rings. The average molecular weight is 468 g/mol. The number of nitrogen functional groups attached to an aromatic ring is 1. The molecule has 0 aromatic carbocycles. The first kappa shape index (κ1) is 20.9. The van der Waals surface area contributed by atoms with Crippen LogP contribution in [0.2, 0.25) is 0 Å². The molecule has 0 aliphatic carbocycles. The van der Waals surface area contributed by atoms with Gasteiger partial charge >= 0.3 is 0 Å². The summed E-state index contributed by atoms with van der Waals surface area (Å²) in [6.07, 6.45) is 5.56. The lowest BCUT2D eigenvalue weighted by molar-refractivity contribution is 0.217. The number of hydrogen-bond acceptors (Lipinski definition) is 8. The molecule has 0 saturated carbocycles. The maximum atomic E-state index is 12.8. The molecule has 5 rings (SSSR count). The molecule has 0 amide bonds. The standard InChI is InChI=1S/C21H21N7O2S2/c1-27-5-4-15(25-27)14-9-16(12-8-13-11-28(2)26-19(13)23-10-12)24-20-17(14)18(22)21(31-20)32(29)7-6-30-3/h4-5,8-11H,6-7,22H2,1-3H3. The van der Waals surface area contributed by atoms with Crippen LogP contribution >= 0.6 is 11.3 Å². The summed E-state index contributed by atoms with van der Waals surface area (Å²) >= 11 is 0.0770. The first-order chi connectivity index (χ1) is 15.4. The van der Waals surface area contributed by atoms with Gasteiger partial charge in [0, 0.05) is 72.9 Å². The van der Waals surface area contributed by atoms with Gasteiger partial charge in [0.05, 0.1) is 18.0 Å².